The zero-order valence-corrected chi connectivity index (χ0v) is 12.7. The van der Waals surface area contributed by atoms with Crippen molar-refractivity contribution >= 4 is 12.0 Å². The van der Waals surface area contributed by atoms with Crippen LogP contribution in [0.5, 0.6) is 0 Å². The van der Waals surface area contributed by atoms with Gasteiger partial charge in [-0.2, -0.15) is 0 Å². The third-order valence-corrected chi connectivity index (χ3v) is 3.57. The van der Waals surface area contributed by atoms with E-state index in [9.17, 15) is 22.8 Å². The lowest BCUT2D eigenvalue weighted by molar-refractivity contribution is 0.0747. The molecule has 2 rings (SSSR count). The first kappa shape index (κ1) is 17.1. The number of halogens is 3. The molecule has 0 unspecified atom stereocenters. The van der Waals surface area contributed by atoms with Crippen molar-refractivity contribution < 1.29 is 27.5 Å². The van der Waals surface area contributed by atoms with Gasteiger partial charge in [0, 0.05) is 26.2 Å². The van der Waals surface area contributed by atoms with Crippen LogP contribution in [0.15, 0.2) is 12.1 Å². The van der Waals surface area contributed by atoms with Gasteiger partial charge in [0.15, 0.2) is 17.5 Å². The average molecular weight is 330 g/mol. The van der Waals surface area contributed by atoms with Crippen molar-refractivity contribution in [3.8, 4) is 0 Å². The van der Waals surface area contributed by atoms with E-state index in [4.69, 9.17) is 4.74 Å². The first-order valence-electron chi connectivity index (χ1n) is 7.30. The van der Waals surface area contributed by atoms with Crippen LogP contribution in [0.25, 0.3) is 0 Å². The number of carbonyl (C=O) groups is 2. The molecule has 0 atom stereocenters. The predicted octanol–water partition coefficient (Wildman–Crippen LogP) is 2.41. The lowest BCUT2D eigenvalue weighted by Gasteiger charge is -2.22. The van der Waals surface area contributed by atoms with Crippen LogP contribution in [0.2, 0.25) is 0 Å². The second-order valence-corrected chi connectivity index (χ2v) is 5.05. The van der Waals surface area contributed by atoms with Crippen LogP contribution in [0.1, 0.15) is 23.7 Å². The number of hydrogen-bond acceptors (Lipinski definition) is 3. The smallest absolute Gasteiger partial charge is 0.409 e. The Kier molecular flexibility index (Phi) is 5.46. The lowest BCUT2D eigenvalue weighted by atomic mass is 10.1. The van der Waals surface area contributed by atoms with Crippen molar-refractivity contribution in [2.45, 2.75) is 13.3 Å². The first-order valence-corrected chi connectivity index (χ1v) is 7.30. The zero-order valence-electron chi connectivity index (χ0n) is 12.7. The molecule has 1 saturated heterocycles. The van der Waals surface area contributed by atoms with E-state index in [1.807, 2.05) is 0 Å². The Balaban J connectivity index is 2.09. The molecule has 1 aliphatic heterocycles. The molecule has 1 heterocycles. The summed E-state index contributed by atoms with van der Waals surface area (Å²) in [6, 6.07) is 1.64. The minimum Gasteiger partial charge on any atom is -0.450 e. The highest BCUT2D eigenvalue weighted by molar-refractivity contribution is 5.94. The number of amides is 2. The predicted molar refractivity (Wildman–Crippen MR) is 75.4 cm³/mol. The van der Waals surface area contributed by atoms with Crippen molar-refractivity contribution in [1.82, 2.24) is 9.80 Å². The Labute approximate surface area is 131 Å². The quantitative estimate of drug-likeness (QED) is 0.783. The number of hydrogen-bond donors (Lipinski definition) is 0. The van der Waals surface area contributed by atoms with E-state index in [-0.39, 0.29) is 26.2 Å². The Bertz CT molecular complexity index is 610. The fourth-order valence-electron chi connectivity index (χ4n) is 2.38. The summed E-state index contributed by atoms with van der Waals surface area (Å²) >= 11 is 0. The standard InChI is InChI=1S/C15H17F3N2O3/c1-2-23-15(22)20-7-3-6-19(8-9-20)14(21)10-4-5-11(16)13(18)12(10)17/h4-5H,2-3,6-9H2,1H3. The maximum Gasteiger partial charge on any atom is 0.409 e. The largest absolute Gasteiger partial charge is 0.450 e. The van der Waals surface area contributed by atoms with E-state index in [0.29, 0.717) is 19.0 Å². The van der Waals surface area contributed by atoms with Gasteiger partial charge in [-0.1, -0.05) is 0 Å². The lowest BCUT2D eigenvalue weighted by Crippen LogP contribution is -2.38. The molecule has 0 aliphatic carbocycles. The number of nitrogens with zero attached hydrogens (tertiary/aromatic N) is 2. The summed E-state index contributed by atoms with van der Waals surface area (Å²) in [5, 5.41) is 0. The fourth-order valence-corrected chi connectivity index (χ4v) is 2.38. The molecule has 0 radical (unpaired) electrons. The Morgan fingerprint density at radius 1 is 1.04 bits per heavy atom. The van der Waals surface area contributed by atoms with Crippen LogP contribution < -0.4 is 0 Å². The minimum absolute atomic E-state index is 0.163. The van der Waals surface area contributed by atoms with Gasteiger partial charge in [-0.15, -0.1) is 0 Å². The molecule has 0 bridgehead atoms. The van der Waals surface area contributed by atoms with Gasteiger partial charge < -0.3 is 14.5 Å². The number of benzene rings is 1. The highest BCUT2D eigenvalue weighted by Crippen LogP contribution is 2.18. The monoisotopic (exact) mass is 330 g/mol. The SMILES string of the molecule is CCOC(=O)N1CCCN(C(=O)c2ccc(F)c(F)c2F)CC1. The second-order valence-electron chi connectivity index (χ2n) is 5.05. The molecule has 126 valence electrons. The number of ether oxygens (including phenoxy) is 1. The normalized spacial score (nSPS) is 15.3. The summed E-state index contributed by atoms with van der Waals surface area (Å²) in [6.07, 6.45) is 0.0105. The van der Waals surface area contributed by atoms with E-state index in [1.165, 1.54) is 9.80 Å². The Hall–Kier alpha value is -2.25. The molecule has 1 aromatic rings. The Morgan fingerprint density at radius 3 is 2.39 bits per heavy atom. The molecular weight excluding hydrogens is 313 g/mol. The summed E-state index contributed by atoms with van der Waals surface area (Å²) in [5.74, 6) is -5.24. The molecule has 0 spiro atoms. The maximum atomic E-state index is 13.7. The highest BCUT2D eigenvalue weighted by atomic mass is 19.2. The average Bonchev–Trinajstić information content (AvgIpc) is 2.78. The van der Waals surface area contributed by atoms with Gasteiger partial charge in [0.1, 0.15) is 0 Å². The molecule has 2 amide bonds. The van der Waals surface area contributed by atoms with Gasteiger partial charge in [-0.25, -0.2) is 18.0 Å². The minimum atomic E-state index is -1.67. The maximum absolute atomic E-state index is 13.7. The number of rotatable bonds is 2. The van der Waals surface area contributed by atoms with E-state index in [2.05, 4.69) is 0 Å². The van der Waals surface area contributed by atoms with Crippen molar-refractivity contribution in [3.63, 3.8) is 0 Å². The van der Waals surface area contributed by atoms with Gasteiger partial charge in [-0.05, 0) is 25.5 Å². The van der Waals surface area contributed by atoms with Crippen LogP contribution in [0.3, 0.4) is 0 Å². The van der Waals surface area contributed by atoms with E-state index >= 15 is 0 Å². The van der Waals surface area contributed by atoms with Crippen LogP contribution >= 0.6 is 0 Å². The second kappa shape index (κ2) is 7.34. The van der Waals surface area contributed by atoms with E-state index in [0.717, 1.165) is 6.07 Å². The van der Waals surface area contributed by atoms with Crippen molar-refractivity contribution in [1.29, 1.82) is 0 Å². The number of carbonyl (C=O) groups excluding carboxylic acids is 2. The van der Waals surface area contributed by atoms with Crippen molar-refractivity contribution in [2.24, 2.45) is 0 Å². The molecule has 1 aromatic carbocycles. The van der Waals surface area contributed by atoms with E-state index < -0.39 is 35.0 Å². The van der Waals surface area contributed by atoms with Gasteiger partial charge in [-0.3, -0.25) is 4.79 Å². The van der Waals surface area contributed by atoms with Gasteiger partial charge in [0.05, 0.1) is 12.2 Å². The van der Waals surface area contributed by atoms with Crippen LogP contribution in [0.4, 0.5) is 18.0 Å². The summed E-state index contributed by atoms with van der Waals surface area (Å²) in [6.45, 7) is 3.03. The molecule has 1 fully saturated rings. The fraction of sp³-hybridized carbons (Fsp3) is 0.467. The molecule has 5 nitrogen and oxygen atoms in total. The molecule has 0 N–H and O–H groups in total. The third kappa shape index (κ3) is 3.75. The summed E-state index contributed by atoms with van der Waals surface area (Å²) in [7, 11) is 0. The molecular formula is C15H17F3N2O3. The third-order valence-electron chi connectivity index (χ3n) is 3.57. The van der Waals surface area contributed by atoms with E-state index in [1.54, 1.807) is 6.92 Å². The zero-order chi connectivity index (χ0) is 17.0. The molecule has 0 aromatic heterocycles. The molecule has 8 heteroatoms. The van der Waals surface area contributed by atoms with Gasteiger partial charge in [0.25, 0.3) is 5.91 Å². The summed E-state index contributed by atoms with van der Waals surface area (Å²) < 4.78 is 44.8. The van der Waals surface area contributed by atoms with Crippen molar-refractivity contribution in [3.05, 3.63) is 35.1 Å². The summed E-state index contributed by atoms with van der Waals surface area (Å²) in [5.41, 5.74) is -0.520. The topological polar surface area (TPSA) is 49.9 Å². The molecule has 23 heavy (non-hydrogen) atoms. The van der Waals surface area contributed by atoms with Crippen LogP contribution in [0, 0.1) is 17.5 Å². The van der Waals surface area contributed by atoms with Gasteiger partial charge >= 0.3 is 6.09 Å². The summed E-state index contributed by atoms with van der Waals surface area (Å²) in [4.78, 5) is 26.8. The van der Waals surface area contributed by atoms with Crippen LogP contribution in [-0.4, -0.2) is 54.6 Å². The Morgan fingerprint density at radius 2 is 1.70 bits per heavy atom. The molecule has 0 saturated carbocycles. The van der Waals surface area contributed by atoms with Crippen molar-refractivity contribution in [2.75, 3.05) is 32.8 Å². The molecule has 1 aliphatic rings. The highest BCUT2D eigenvalue weighted by Gasteiger charge is 2.26. The van der Waals surface area contributed by atoms with Gasteiger partial charge in [0.2, 0.25) is 0 Å². The van der Waals surface area contributed by atoms with Crippen LogP contribution in [-0.2, 0) is 4.74 Å². The first-order chi connectivity index (χ1) is 11.0.